The van der Waals surface area contributed by atoms with Crippen LogP contribution in [0.15, 0.2) is 40.9 Å². The van der Waals surface area contributed by atoms with E-state index in [-0.39, 0.29) is 17.2 Å². The number of aromatic nitrogens is 1. The second kappa shape index (κ2) is 6.54. The predicted octanol–water partition coefficient (Wildman–Crippen LogP) is 2.59. The average Bonchev–Trinajstić information content (AvgIpc) is 3.24. The predicted molar refractivity (Wildman–Crippen MR) is 86.0 cm³/mol. The summed E-state index contributed by atoms with van der Waals surface area (Å²) in [4.78, 5) is 12.2. The van der Waals surface area contributed by atoms with Crippen molar-refractivity contribution in [3.8, 4) is 11.3 Å². The molecule has 2 heterocycles. The van der Waals surface area contributed by atoms with Crippen molar-refractivity contribution in [2.75, 3.05) is 25.2 Å². The first-order valence-corrected chi connectivity index (χ1v) is 8.31. The standard InChI is InChI=1S/C16H18N2O3S/c1-20-16(7-8-22-11-16)10-17-15(19)13-9-14(21-18-13)12-5-3-2-4-6-12/h2-6,9H,7-8,10-11H2,1H3,(H,17,19). The second-order valence-electron chi connectivity index (χ2n) is 5.31. The highest BCUT2D eigenvalue weighted by molar-refractivity contribution is 7.99. The highest BCUT2D eigenvalue weighted by atomic mass is 32.2. The Balaban J connectivity index is 1.65. The van der Waals surface area contributed by atoms with Gasteiger partial charge in [-0.15, -0.1) is 0 Å². The largest absolute Gasteiger partial charge is 0.376 e. The fourth-order valence-electron chi connectivity index (χ4n) is 2.41. The third kappa shape index (κ3) is 3.18. The molecule has 116 valence electrons. The van der Waals surface area contributed by atoms with Crippen molar-refractivity contribution in [1.82, 2.24) is 10.5 Å². The molecule has 3 rings (SSSR count). The van der Waals surface area contributed by atoms with E-state index in [4.69, 9.17) is 9.26 Å². The van der Waals surface area contributed by atoms with Crippen LogP contribution in [0, 0.1) is 0 Å². The third-order valence-corrected chi connectivity index (χ3v) is 5.10. The smallest absolute Gasteiger partial charge is 0.273 e. The molecule has 0 spiro atoms. The van der Waals surface area contributed by atoms with E-state index in [0.717, 1.165) is 23.5 Å². The van der Waals surface area contributed by atoms with Crippen LogP contribution in [0.1, 0.15) is 16.9 Å². The van der Waals surface area contributed by atoms with Gasteiger partial charge in [0.25, 0.3) is 5.91 Å². The van der Waals surface area contributed by atoms with Crippen LogP contribution < -0.4 is 5.32 Å². The zero-order valence-electron chi connectivity index (χ0n) is 12.4. The van der Waals surface area contributed by atoms with Crippen LogP contribution in [0.4, 0.5) is 0 Å². The van der Waals surface area contributed by atoms with Gasteiger partial charge in [0.05, 0.1) is 5.60 Å². The summed E-state index contributed by atoms with van der Waals surface area (Å²) in [7, 11) is 1.70. The van der Waals surface area contributed by atoms with Gasteiger partial charge < -0.3 is 14.6 Å². The lowest BCUT2D eigenvalue weighted by atomic mass is 10.0. The number of rotatable bonds is 5. The number of methoxy groups -OCH3 is 1. The van der Waals surface area contributed by atoms with Gasteiger partial charge in [0, 0.05) is 31.0 Å². The molecule has 2 aromatic rings. The minimum atomic E-state index is -0.258. The molecule has 1 atom stereocenters. The minimum absolute atomic E-state index is 0.237. The molecule has 1 unspecified atom stereocenters. The van der Waals surface area contributed by atoms with Crippen molar-refractivity contribution in [2.45, 2.75) is 12.0 Å². The monoisotopic (exact) mass is 318 g/mol. The van der Waals surface area contributed by atoms with Gasteiger partial charge in [-0.3, -0.25) is 4.79 Å². The molecule has 1 aromatic heterocycles. The molecule has 1 aliphatic rings. The number of carbonyl (C=O) groups is 1. The van der Waals surface area contributed by atoms with Gasteiger partial charge in [-0.05, 0) is 12.2 Å². The molecular formula is C16H18N2O3S. The molecule has 5 nitrogen and oxygen atoms in total. The van der Waals surface area contributed by atoms with Crippen molar-refractivity contribution in [3.63, 3.8) is 0 Å². The number of carbonyl (C=O) groups excluding carboxylic acids is 1. The Hall–Kier alpha value is -1.79. The molecule has 1 fully saturated rings. The molecule has 0 radical (unpaired) electrons. The van der Waals surface area contributed by atoms with Gasteiger partial charge in [0.15, 0.2) is 11.5 Å². The van der Waals surface area contributed by atoms with E-state index in [9.17, 15) is 4.79 Å². The number of ether oxygens (including phenoxy) is 1. The van der Waals surface area contributed by atoms with Crippen LogP contribution in [0.5, 0.6) is 0 Å². The van der Waals surface area contributed by atoms with Gasteiger partial charge in [-0.1, -0.05) is 35.5 Å². The summed E-state index contributed by atoms with van der Waals surface area (Å²) in [6, 6.07) is 11.2. The summed E-state index contributed by atoms with van der Waals surface area (Å²) >= 11 is 1.84. The van der Waals surface area contributed by atoms with Crippen LogP contribution in [0.3, 0.4) is 0 Å². The number of thioether (sulfide) groups is 1. The lowest BCUT2D eigenvalue weighted by Gasteiger charge is -2.26. The normalized spacial score (nSPS) is 21.0. The van der Waals surface area contributed by atoms with E-state index in [1.165, 1.54) is 0 Å². The van der Waals surface area contributed by atoms with Gasteiger partial charge >= 0.3 is 0 Å². The van der Waals surface area contributed by atoms with Crippen LogP contribution in [-0.2, 0) is 4.74 Å². The van der Waals surface area contributed by atoms with Crippen molar-refractivity contribution in [1.29, 1.82) is 0 Å². The molecule has 1 aromatic carbocycles. The van der Waals surface area contributed by atoms with E-state index in [1.807, 2.05) is 42.1 Å². The average molecular weight is 318 g/mol. The molecule has 22 heavy (non-hydrogen) atoms. The van der Waals surface area contributed by atoms with E-state index < -0.39 is 0 Å². The first-order chi connectivity index (χ1) is 10.7. The van der Waals surface area contributed by atoms with E-state index in [0.29, 0.717) is 12.3 Å². The zero-order valence-corrected chi connectivity index (χ0v) is 13.2. The highest BCUT2D eigenvalue weighted by Gasteiger charge is 2.34. The van der Waals surface area contributed by atoms with Crippen LogP contribution >= 0.6 is 11.8 Å². The van der Waals surface area contributed by atoms with Crippen molar-refractivity contribution < 1.29 is 14.1 Å². The Kier molecular flexibility index (Phi) is 4.49. The van der Waals surface area contributed by atoms with Gasteiger partial charge in [0.2, 0.25) is 0 Å². The Morgan fingerprint density at radius 2 is 2.27 bits per heavy atom. The molecule has 0 saturated carbocycles. The summed E-state index contributed by atoms with van der Waals surface area (Å²) in [5.74, 6) is 2.31. The summed E-state index contributed by atoms with van der Waals surface area (Å²) in [6.07, 6.45) is 0.947. The first-order valence-electron chi connectivity index (χ1n) is 7.16. The van der Waals surface area contributed by atoms with Gasteiger partial charge in [-0.2, -0.15) is 11.8 Å². The SMILES string of the molecule is COC1(CNC(=O)c2cc(-c3ccccc3)on2)CCSC1. The summed E-state index contributed by atoms with van der Waals surface area (Å²) in [5.41, 5.74) is 0.928. The lowest BCUT2D eigenvalue weighted by Crippen LogP contribution is -2.44. The van der Waals surface area contributed by atoms with E-state index >= 15 is 0 Å². The van der Waals surface area contributed by atoms with Crippen molar-refractivity contribution in [3.05, 3.63) is 42.1 Å². The first kappa shape index (κ1) is 15.1. The molecule has 0 bridgehead atoms. The number of benzene rings is 1. The van der Waals surface area contributed by atoms with Gasteiger partial charge in [-0.25, -0.2) is 0 Å². The molecule has 1 amide bonds. The lowest BCUT2D eigenvalue weighted by molar-refractivity contribution is 0.0136. The maximum atomic E-state index is 12.2. The minimum Gasteiger partial charge on any atom is -0.376 e. The summed E-state index contributed by atoms with van der Waals surface area (Å²) in [6.45, 7) is 0.489. The number of hydrogen-bond acceptors (Lipinski definition) is 5. The fourth-order valence-corrected chi connectivity index (χ4v) is 3.81. The molecule has 0 aliphatic carbocycles. The summed E-state index contributed by atoms with van der Waals surface area (Å²) in [5, 5.41) is 6.75. The Morgan fingerprint density at radius 3 is 2.95 bits per heavy atom. The molecular weight excluding hydrogens is 300 g/mol. The number of amides is 1. The van der Waals surface area contributed by atoms with Crippen molar-refractivity contribution in [2.24, 2.45) is 0 Å². The summed E-state index contributed by atoms with van der Waals surface area (Å²) < 4.78 is 10.8. The van der Waals surface area contributed by atoms with E-state index in [1.54, 1.807) is 13.2 Å². The highest BCUT2D eigenvalue weighted by Crippen LogP contribution is 2.30. The van der Waals surface area contributed by atoms with Gasteiger partial charge in [0.1, 0.15) is 0 Å². The third-order valence-electron chi connectivity index (χ3n) is 3.87. The van der Waals surface area contributed by atoms with E-state index in [2.05, 4.69) is 10.5 Å². The quantitative estimate of drug-likeness (QED) is 0.918. The zero-order chi connectivity index (χ0) is 15.4. The Labute approximate surface area is 133 Å². The fraction of sp³-hybridized carbons (Fsp3) is 0.375. The topological polar surface area (TPSA) is 64.4 Å². The molecule has 6 heteroatoms. The molecule has 1 saturated heterocycles. The maximum absolute atomic E-state index is 12.2. The number of nitrogens with zero attached hydrogens (tertiary/aromatic N) is 1. The second-order valence-corrected chi connectivity index (χ2v) is 6.42. The van der Waals surface area contributed by atoms with Crippen LogP contribution in [0.2, 0.25) is 0 Å². The molecule has 1 aliphatic heterocycles. The van der Waals surface area contributed by atoms with Crippen LogP contribution in [-0.4, -0.2) is 41.8 Å². The maximum Gasteiger partial charge on any atom is 0.273 e. The van der Waals surface area contributed by atoms with Crippen LogP contribution in [0.25, 0.3) is 11.3 Å². The Morgan fingerprint density at radius 1 is 1.45 bits per heavy atom. The number of nitrogens with one attached hydrogen (secondary N) is 1. The van der Waals surface area contributed by atoms with Crippen molar-refractivity contribution >= 4 is 17.7 Å². The number of hydrogen-bond donors (Lipinski definition) is 1. The molecule has 1 N–H and O–H groups in total. The Bertz CT molecular complexity index is 636.